The zero-order valence-corrected chi connectivity index (χ0v) is 19.9. The molecular formula is C28H28N2O5. The van der Waals surface area contributed by atoms with Crippen molar-refractivity contribution in [2.75, 3.05) is 25.6 Å². The van der Waals surface area contributed by atoms with Crippen LogP contribution in [0.25, 0.3) is 0 Å². The molecular weight excluding hydrogens is 444 g/mol. The van der Waals surface area contributed by atoms with Gasteiger partial charge >= 0.3 is 6.09 Å². The number of anilines is 1. The van der Waals surface area contributed by atoms with E-state index in [2.05, 4.69) is 11.4 Å². The van der Waals surface area contributed by atoms with Gasteiger partial charge in [0, 0.05) is 12.2 Å². The molecule has 1 N–H and O–H groups in total. The summed E-state index contributed by atoms with van der Waals surface area (Å²) in [5.41, 5.74) is 5.29. The number of methoxy groups -OCH3 is 1. The number of fused-ring (bicyclic) bond motifs is 1. The summed E-state index contributed by atoms with van der Waals surface area (Å²) in [5.74, 6) is 2.05. The van der Waals surface area contributed by atoms with Crippen LogP contribution in [0.15, 0.2) is 60.7 Å². The van der Waals surface area contributed by atoms with Crippen LogP contribution in [0.1, 0.15) is 29.2 Å². The normalized spacial score (nSPS) is 16.6. The Morgan fingerprint density at radius 2 is 1.71 bits per heavy atom. The minimum absolute atomic E-state index is 0.0407. The fourth-order valence-corrected chi connectivity index (χ4v) is 4.67. The van der Waals surface area contributed by atoms with Gasteiger partial charge in [0.15, 0.2) is 11.5 Å². The van der Waals surface area contributed by atoms with Gasteiger partial charge in [0.25, 0.3) is 0 Å². The Morgan fingerprint density at radius 1 is 0.971 bits per heavy atom. The SMILES string of the molecule is CCN1C(=O)OCC1Cc1ccc(Oc2ccc(Cc3ccc4c(c3)CC(=O)N4)cc2OC)cc1. The second-order valence-corrected chi connectivity index (χ2v) is 8.85. The number of amides is 2. The number of cyclic esters (lactones) is 1. The fourth-order valence-electron chi connectivity index (χ4n) is 4.67. The molecule has 0 spiro atoms. The third kappa shape index (κ3) is 4.94. The highest BCUT2D eigenvalue weighted by molar-refractivity contribution is 5.99. The molecule has 1 unspecified atom stereocenters. The maximum atomic E-state index is 11.8. The first kappa shape index (κ1) is 22.8. The van der Waals surface area contributed by atoms with E-state index >= 15 is 0 Å². The van der Waals surface area contributed by atoms with Gasteiger partial charge in [-0.25, -0.2) is 4.79 Å². The van der Waals surface area contributed by atoms with Gasteiger partial charge in [-0.2, -0.15) is 0 Å². The number of rotatable bonds is 8. The molecule has 3 aromatic carbocycles. The molecule has 1 fully saturated rings. The van der Waals surface area contributed by atoms with Crippen molar-refractivity contribution in [2.45, 2.75) is 32.2 Å². The van der Waals surface area contributed by atoms with Crippen molar-refractivity contribution in [2.24, 2.45) is 0 Å². The van der Waals surface area contributed by atoms with Crippen LogP contribution in [0.5, 0.6) is 17.2 Å². The van der Waals surface area contributed by atoms with Crippen molar-refractivity contribution >= 4 is 17.7 Å². The van der Waals surface area contributed by atoms with E-state index < -0.39 is 0 Å². The van der Waals surface area contributed by atoms with Crippen molar-refractivity contribution < 1.29 is 23.8 Å². The van der Waals surface area contributed by atoms with Crippen molar-refractivity contribution in [1.82, 2.24) is 4.90 Å². The van der Waals surface area contributed by atoms with E-state index in [0.29, 0.717) is 36.8 Å². The minimum atomic E-state index is -0.240. The number of carbonyl (C=O) groups excluding carboxylic acids is 2. The molecule has 7 nitrogen and oxygen atoms in total. The van der Waals surface area contributed by atoms with Gasteiger partial charge < -0.3 is 24.4 Å². The summed E-state index contributed by atoms with van der Waals surface area (Å²) in [5, 5.41) is 2.87. The first-order valence-corrected chi connectivity index (χ1v) is 11.8. The predicted octanol–water partition coefficient (Wildman–Crippen LogP) is 4.96. The average Bonchev–Trinajstić information content (AvgIpc) is 3.41. The topological polar surface area (TPSA) is 77.1 Å². The number of ether oxygens (including phenoxy) is 3. The molecule has 2 amide bonds. The van der Waals surface area contributed by atoms with Crippen LogP contribution < -0.4 is 14.8 Å². The number of hydrogen-bond donors (Lipinski definition) is 1. The highest BCUT2D eigenvalue weighted by Crippen LogP contribution is 2.34. The predicted molar refractivity (Wildman–Crippen MR) is 132 cm³/mol. The molecule has 3 aromatic rings. The van der Waals surface area contributed by atoms with Crippen molar-refractivity contribution in [3.05, 3.63) is 82.9 Å². The van der Waals surface area contributed by atoms with E-state index in [1.807, 2.05) is 61.5 Å². The number of nitrogens with zero attached hydrogens (tertiary/aromatic N) is 1. The van der Waals surface area contributed by atoms with Crippen LogP contribution in [0.3, 0.4) is 0 Å². The lowest BCUT2D eigenvalue weighted by atomic mass is 10.0. The average molecular weight is 473 g/mol. The Balaban J connectivity index is 1.25. The number of likely N-dealkylation sites (N-methyl/N-ethyl adjacent to an activating group) is 1. The van der Waals surface area contributed by atoms with Gasteiger partial charge in [-0.05, 0) is 72.4 Å². The molecule has 0 radical (unpaired) electrons. The minimum Gasteiger partial charge on any atom is -0.493 e. The summed E-state index contributed by atoms with van der Waals surface area (Å²) < 4.78 is 16.9. The molecule has 2 heterocycles. The third-order valence-corrected chi connectivity index (χ3v) is 6.47. The molecule has 0 bridgehead atoms. The molecule has 35 heavy (non-hydrogen) atoms. The van der Waals surface area contributed by atoms with E-state index in [1.165, 1.54) is 0 Å². The molecule has 1 saturated heterocycles. The van der Waals surface area contributed by atoms with E-state index in [9.17, 15) is 9.59 Å². The standard InChI is InChI=1S/C28H28N2O5/c1-3-30-22(17-34-28(30)32)14-18-4-8-23(9-5-18)35-25-11-7-20(15-26(25)33-2)12-19-6-10-24-21(13-19)16-27(31)29-24/h4-11,13,15,22H,3,12,14,16-17H2,1-2H3,(H,29,31). The summed E-state index contributed by atoms with van der Waals surface area (Å²) >= 11 is 0. The highest BCUT2D eigenvalue weighted by Gasteiger charge is 2.31. The quantitative estimate of drug-likeness (QED) is 0.502. The molecule has 1 atom stereocenters. The van der Waals surface area contributed by atoms with Crippen molar-refractivity contribution in [3.63, 3.8) is 0 Å². The van der Waals surface area contributed by atoms with Crippen LogP contribution >= 0.6 is 0 Å². The maximum absolute atomic E-state index is 11.8. The molecule has 7 heteroatoms. The first-order chi connectivity index (χ1) is 17.0. The van der Waals surface area contributed by atoms with Gasteiger partial charge in [0.05, 0.1) is 19.6 Å². The Kier molecular flexibility index (Phi) is 6.31. The molecule has 5 rings (SSSR count). The zero-order chi connectivity index (χ0) is 24.4. The van der Waals surface area contributed by atoms with Gasteiger partial charge in [-0.15, -0.1) is 0 Å². The molecule has 2 aliphatic rings. The van der Waals surface area contributed by atoms with Gasteiger partial charge in [-0.3, -0.25) is 4.79 Å². The van der Waals surface area contributed by atoms with Crippen LogP contribution in [-0.2, 0) is 28.8 Å². The van der Waals surface area contributed by atoms with Crippen molar-refractivity contribution in [3.8, 4) is 17.2 Å². The molecule has 0 aliphatic carbocycles. The lowest BCUT2D eigenvalue weighted by molar-refractivity contribution is -0.115. The molecule has 0 saturated carbocycles. The molecule has 2 aliphatic heterocycles. The lowest BCUT2D eigenvalue weighted by Crippen LogP contribution is -2.34. The Labute approximate surface area is 204 Å². The van der Waals surface area contributed by atoms with E-state index in [-0.39, 0.29) is 18.0 Å². The van der Waals surface area contributed by atoms with Crippen LogP contribution in [0.2, 0.25) is 0 Å². The number of nitrogens with one attached hydrogen (secondary N) is 1. The Bertz CT molecular complexity index is 1250. The summed E-state index contributed by atoms with van der Waals surface area (Å²) in [6.45, 7) is 3.03. The largest absolute Gasteiger partial charge is 0.493 e. The molecule has 0 aromatic heterocycles. The Hall–Kier alpha value is -4.00. The summed E-state index contributed by atoms with van der Waals surface area (Å²) in [6, 6.07) is 20.0. The lowest BCUT2D eigenvalue weighted by Gasteiger charge is -2.19. The van der Waals surface area contributed by atoms with E-state index in [0.717, 1.165) is 40.8 Å². The zero-order valence-electron chi connectivity index (χ0n) is 19.9. The van der Waals surface area contributed by atoms with E-state index in [4.69, 9.17) is 14.2 Å². The van der Waals surface area contributed by atoms with Gasteiger partial charge in [0.2, 0.25) is 5.91 Å². The highest BCUT2D eigenvalue weighted by atomic mass is 16.6. The second kappa shape index (κ2) is 9.70. The number of hydrogen-bond acceptors (Lipinski definition) is 5. The fraction of sp³-hybridized carbons (Fsp3) is 0.286. The van der Waals surface area contributed by atoms with E-state index in [1.54, 1.807) is 12.0 Å². The van der Waals surface area contributed by atoms with Gasteiger partial charge in [0.1, 0.15) is 12.4 Å². The number of benzene rings is 3. The summed E-state index contributed by atoms with van der Waals surface area (Å²) in [6.07, 6.45) is 1.66. The number of carbonyl (C=O) groups is 2. The molecule has 180 valence electrons. The van der Waals surface area contributed by atoms with Gasteiger partial charge in [-0.1, -0.05) is 30.3 Å². The monoisotopic (exact) mass is 472 g/mol. The first-order valence-electron chi connectivity index (χ1n) is 11.8. The third-order valence-electron chi connectivity index (χ3n) is 6.47. The second-order valence-electron chi connectivity index (χ2n) is 8.85. The van der Waals surface area contributed by atoms with Crippen LogP contribution in [0, 0.1) is 0 Å². The maximum Gasteiger partial charge on any atom is 0.410 e. The smallest absolute Gasteiger partial charge is 0.410 e. The van der Waals surface area contributed by atoms with Crippen LogP contribution in [-0.4, -0.2) is 43.2 Å². The Morgan fingerprint density at radius 3 is 2.49 bits per heavy atom. The summed E-state index contributed by atoms with van der Waals surface area (Å²) in [7, 11) is 1.63. The van der Waals surface area contributed by atoms with Crippen LogP contribution in [0.4, 0.5) is 10.5 Å². The van der Waals surface area contributed by atoms with Crippen molar-refractivity contribution in [1.29, 1.82) is 0 Å². The summed E-state index contributed by atoms with van der Waals surface area (Å²) in [4.78, 5) is 25.1.